The number of hydrogen-bond acceptors (Lipinski definition) is 2. The molecule has 1 aromatic carbocycles. The molecule has 1 aromatic rings. The second kappa shape index (κ2) is 4.28. The first-order chi connectivity index (χ1) is 5.41. The maximum absolute atomic E-state index is 10.6. The van der Waals surface area contributed by atoms with Gasteiger partial charge in [0.25, 0.3) is 10.1 Å². The van der Waals surface area contributed by atoms with Crippen LogP contribution in [-0.4, -0.2) is 13.0 Å². The number of rotatable bonds is 1. The van der Waals surface area contributed by atoms with Gasteiger partial charge in [0.2, 0.25) is 0 Å². The maximum atomic E-state index is 10.6. The fourth-order valence-electron chi connectivity index (χ4n) is 0.734. The van der Waals surface area contributed by atoms with Gasteiger partial charge in [0.1, 0.15) is 0 Å². The fourth-order valence-corrected chi connectivity index (χ4v) is 1.49. The Kier molecular flexibility index (Phi) is 4.19. The second-order valence-electron chi connectivity index (χ2n) is 2.39. The van der Waals surface area contributed by atoms with E-state index in [4.69, 9.17) is 16.2 Å². The van der Waals surface area contributed by atoms with E-state index in [9.17, 15) is 8.42 Å². The van der Waals surface area contributed by atoms with Crippen molar-refractivity contribution in [1.82, 2.24) is 0 Å². The molecule has 0 unspecified atom stereocenters. The normalized spacial score (nSPS) is 10.7. The second-order valence-corrected chi connectivity index (χ2v) is 4.21. The van der Waals surface area contributed by atoms with Crippen molar-refractivity contribution in [3.05, 3.63) is 28.8 Å². The van der Waals surface area contributed by atoms with E-state index in [1.54, 1.807) is 6.92 Å². The highest BCUT2D eigenvalue weighted by atomic mass is 35.5. The molecule has 0 aromatic heterocycles. The molecule has 0 saturated carbocycles. The summed E-state index contributed by atoms with van der Waals surface area (Å²) >= 11 is 5.64. The molecule has 0 radical (unpaired) electrons. The predicted octanol–water partition coefficient (Wildman–Crippen LogP) is 2.32. The van der Waals surface area contributed by atoms with Crippen LogP contribution in [0.25, 0.3) is 0 Å². The zero-order chi connectivity index (χ0) is 9.35. The van der Waals surface area contributed by atoms with Crippen LogP contribution in [0.1, 0.15) is 5.56 Å². The van der Waals surface area contributed by atoms with Crippen molar-refractivity contribution in [3.63, 3.8) is 0 Å². The highest BCUT2D eigenvalue weighted by Crippen LogP contribution is 2.19. The van der Waals surface area contributed by atoms with Crippen molar-refractivity contribution in [1.29, 1.82) is 0 Å². The van der Waals surface area contributed by atoms with Gasteiger partial charge in [0.05, 0.1) is 4.90 Å². The molecule has 0 spiro atoms. The molecule has 0 atom stereocenters. The summed E-state index contributed by atoms with van der Waals surface area (Å²) in [4.78, 5) is -0.182. The first-order valence-electron chi connectivity index (χ1n) is 3.15. The minimum atomic E-state index is -4.13. The summed E-state index contributed by atoms with van der Waals surface area (Å²) in [6, 6.07) is 4.05. The molecule has 0 saturated heterocycles. The van der Waals surface area contributed by atoms with Crippen LogP contribution < -0.4 is 0 Å². The van der Waals surface area contributed by atoms with Gasteiger partial charge in [0.15, 0.2) is 0 Å². The van der Waals surface area contributed by atoms with Crippen LogP contribution >= 0.6 is 24.0 Å². The van der Waals surface area contributed by atoms with Crippen molar-refractivity contribution in [2.45, 2.75) is 11.8 Å². The van der Waals surface area contributed by atoms with Gasteiger partial charge >= 0.3 is 0 Å². The highest BCUT2D eigenvalue weighted by molar-refractivity contribution is 7.85. The molecule has 0 aliphatic rings. The van der Waals surface area contributed by atoms with Gasteiger partial charge in [-0.15, -0.1) is 12.4 Å². The van der Waals surface area contributed by atoms with Crippen LogP contribution in [0.5, 0.6) is 0 Å². The average molecular weight is 243 g/mol. The number of benzene rings is 1. The minimum Gasteiger partial charge on any atom is -0.282 e. The molecule has 0 aliphatic carbocycles. The van der Waals surface area contributed by atoms with E-state index >= 15 is 0 Å². The minimum absolute atomic E-state index is 0. The molecule has 3 nitrogen and oxygen atoms in total. The first-order valence-corrected chi connectivity index (χ1v) is 4.97. The molecule has 1 rings (SSSR count). The smallest absolute Gasteiger partial charge is 0.282 e. The lowest BCUT2D eigenvalue weighted by Gasteiger charge is -1.99. The zero-order valence-corrected chi connectivity index (χ0v) is 9.08. The maximum Gasteiger partial charge on any atom is 0.294 e. The lowest BCUT2D eigenvalue weighted by Crippen LogP contribution is -1.97. The Morgan fingerprint density at radius 2 is 1.92 bits per heavy atom. The van der Waals surface area contributed by atoms with Gasteiger partial charge in [-0.2, -0.15) is 8.42 Å². The Hall–Kier alpha value is -0.290. The van der Waals surface area contributed by atoms with E-state index in [1.165, 1.54) is 18.2 Å². The lowest BCUT2D eigenvalue weighted by atomic mass is 10.2. The summed E-state index contributed by atoms with van der Waals surface area (Å²) in [5, 5.41) is 0.324. The van der Waals surface area contributed by atoms with E-state index < -0.39 is 10.1 Å². The predicted molar refractivity (Wildman–Crippen MR) is 53.3 cm³/mol. The summed E-state index contributed by atoms with van der Waals surface area (Å²) in [5.41, 5.74) is 0.768. The summed E-state index contributed by atoms with van der Waals surface area (Å²) in [6.45, 7) is 1.75. The number of halogens is 2. The SMILES string of the molecule is Cc1ccc(S(=O)(=O)O)cc1Cl.Cl. The monoisotopic (exact) mass is 242 g/mol. The van der Waals surface area contributed by atoms with Crippen molar-refractivity contribution >= 4 is 34.1 Å². The third kappa shape index (κ3) is 3.15. The van der Waals surface area contributed by atoms with Crippen molar-refractivity contribution in [2.24, 2.45) is 0 Å². The molecule has 74 valence electrons. The molecule has 6 heteroatoms. The Bertz CT molecular complexity index is 400. The largest absolute Gasteiger partial charge is 0.294 e. The van der Waals surface area contributed by atoms with Gasteiger partial charge in [0, 0.05) is 5.02 Å². The number of aryl methyl sites for hydroxylation is 1. The molecule has 0 amide bonds. The van der Waals surface area contributed by atoms with E-state index in [1.807, 2.05) is 0 Å². The fraction of sp³-hybridized carbons (Fsp3) is 0.143. The molecule has 1 N–H and O–H groups in total. The van der Waals surface area contributed by atoms with E-state index in [0.717, 1.165) is 5.56 Å². The first kappa shape index (κ1) is 12.7. The van der Waals surface area contributed by atoms with Gasteiger partial charge in [-0.25, -0.2) is 0 Å². The highest BCUT2D eigenvalue weighted by Gasteiger charge is 2.09. The molecule has 0 fully saturated rings. The Balaban J connectivity index is 0.00000144. The molecule has 0 aliphatic heterocycles. The Morgan fingerprint density at radius 1 is 1.38 bits per heavy atom. The van der Waals surface area contributed by atoms with Crippen LogP contribution in [0.3, 0.4) is 0 Å². The van der Waals surface area contributed by atoms with Gasteiger partial charge < -0.3 is 0 Å². The van der Waals surface area contributed by atoms with E-state index in [0.29, 0.717) is 5.02 Å². The quantitative estimate of drug-likeness (QED) is 0.770. The molecule has 0 heterocycles. The average Bonchev–Trinajstić information content (AvgIpc) is 1.92. The van der Waals surface area contributed by atoms with Crippen LogP contribution in [0.4, 0.5) is 0 Å². The van der Waals surface area contributed by atoms with Crippen molar-refractivity contribution in [2.75, 3.05) is 0 Å². The van der Waals surface area contributed by atoms with Crippen LogP contribution in [0.15, 0.2) is 23.1 Å². The molecular weight excluding hydrogens is 235 g/mol. The van der Waals surface area contributed by atoms with Crippen LogP contribution in [-0.2, 0) is 10.1 Å². The van der Waals surface area contributed by atoms with E-state index in [2.05, 4.69) is 0 Å². The molecule has 13 heavy (non-hydrogen) atoms. The van der Waals surface area contributed by atoms with Gasteiger partial charge in [-0.05, 0) is 24.6 Å². The van der Waals surface area contributed by atoms with E-state index in [-0.39, 0.29) is 17.3 Å². The van der Waals surface area contributed by atoms with Crippen LogP contribution in [0.2, 0.25) is 5.02 Å². The third-order valence-electron chi connectivity index (χ3n) is 1.44. The molecule has 0 bridgehead atoms. The summed E-state index contributed by atoms with van der Waals surface area (Å²) in [7, 11) is -4.13. The Labute approximate surface area is 87.9 Å². The van der Waals surface area contributed by atoms with Gasteiger partial charge in [-0.3, -0.25) is 4.55 Å². The van der Waals surface area contributed by atoms with Crippen molar-refractivity contribution in [3.8, 4) is 0 Å². The number of hydrogen-bond donors (Lipinski definition) is 1. The van der Waals surface area contributed by atoms with Gasteiger partial charge in [-0.1, -0.05) is 17.7 Å². The summed E-state index contributed by atoms with van der Waals surface area (Å²) in [5.74, 6) is 0. The van der Waals surface area contributed by atoms with Crippen LogP contribution in [0, 0.1) is 6.92 Å². The summed E-state index contributed by atoms with van der Waals surface area (Å²) < 4.78 is 29.8. The topological polar surface area (TPSA) is 54.4 Å². The third-order valence-corrected chi connectivity index (χ3v) is 2.70. The standard InChI is InChI=1S/C7H7ClO3S.ClH/c1-5-2-3-6(4-7(5)8)12(9,10)11;/h2-4H,1H3,(H,9,10,11);1H. The zero-order valence-electron chi connectivity index (χ0n) is 6.69. The Morgan fingerprint density at radius 3 is 2.31 bits per heavy atom. The molecular formula is C7H8Cl2O3S. The van der Waals surface area contributed by atoms with Crippen molar-refractivity contribution < 1.29 is 13.0 Å². The summed E-state index contributed by atoms with van der Waals surface area (Å²) in [6.07, 6.45) is 0. The lowest BCUT2D eigenvalue weighted by molar-refractivity contribution is 0.483.